The van der Waals surface area contributed by atoms with Crippen molar-refractivity contribution in [2.75, 3.05) is 30.3 Å². The Morgan fingerprint density at radius 1 is 1.29 bits per heavy atom. The lowest BCUT2D eigenvalue weighted by Crippen LogP contribution is -2.47. The Morgan fingerprint density at radius 3 is 2.90 bits per heavy atom. The largest absolute Gasteiger partial charge is 0.421 e. The summed E-state index contributed by atoms with van der Waals surface area (Å²) in [4.78, 5) is 26.2. The van der Waals surface area contributed by atoms with Crippen LogP contribution in [0.25, 0.3) is 11.1 Å². The first-order valence-electron chi connectivity index (χ1n) is 10.3. The summed E-state index contributed by atoms with van der Waals surface area (Å²) in [6.07, 6.45) is 4.84. The number of benzene rings is 1. The van der Waals surface area contributed by atoms with E-state index in [-0.39, 0.29) is 18.0 Å². The molecule has 2 aliphatic rings. The normalized spacial score (nSPS) is 23.4. The molecule has 0 saturated carbocycles. The van der Waals surface area contributed by atoms with Crippen molar-refractivity contribution in [2.24, 2.45) is 5.41 Å². The number of hydrogen-bond donors (Lipinski definition) is 1. The van der Waals surface area contributed by atoms with Crippen LogP contribution in [0.1, 0.15) is 37.4 Å². The second-order valence-electron chi connectivity index (χ2n) is 8.68. The number of nitrogens with zero attached hydrogens (tertiary/aromatic N) is 4. The Bertz CT molecular complexity index is 1200. The highest BCUT2D eigenvalue weighted by molar-refractivity contribution is 6.35. The maximum Gasteiger partial charge on any atom is 0.293 e. The number of rotatable bonds is 2. The van der Waals surface area contributed by atoms with Gasteiger partial charge in [0.2, 0.25) is 5.91 Å². The van der Waals surface area contributed by atoms with E-state index in [1.54, 1.807) is 18.5 Å². The lowest BCUT2D eigenvalue weighted by atomic mass is 9.85. The molecule has 0 bridgehead atoms. The molecule has 1 unspecified atom stereocenters. The molecule has 2 atom stereocenters. The highest BCUT2D eigenvalue weighted by Gasteiger charge is 2.45. The molecule has 162 valence electrons. The Kier molecular flexibility index (Phi) is 4.79. The zero-order valence-corrected chi connectivity index (χ0v) is 18.9. The van der Waals surface area contributed by atoms with Gasteiger partial charge in [0.1, 0.15) is 11.2 Å². The molecule has 1 aromatic carbocycles. The van der Waals surface area contributed by atoms with Gasteiger partial charge in [-0.1, -0.05) is 23.2 Å². The van der Waals surface area contributed by atoms with Crippen LogP contribution in [0.2, 0.25) is 10.0 Å². The molecule has 2 aliphatic heterocycles. The number of nitrogens with two attached hydrogens (primary N) is 1. The first-order chi connectivity index (χ1) is 14.8. The molecule has 2 N–H and O–H groups in total. The average Bonchev–Trinajstić information content (AvgIpc) is 3.29. The van der Waals surface area contributed by atoms with Gasteiger partial charge in [-0.2, -0.15) is 4.98 Å². The van der Waals surface area contributed by atoms with E-state index >= 15 is 0 Å². The van der Waals surface area contributed by atoms with Gasteiger partial charge in [-0.15, -0.1) is 0 Å². The number of aromatic nitrogens is 2. The average molecular weight is 460 g/mol. The second kappa shape index (κ2) is 7.28. The molecule has 2 aromatic heterocycles. The summed E-state index contributed by atoms with van der Waals surface area (Å²) in [7, 11) is 0. The van der Waals surface area contributed by atoms with Crippen molar-refractivity contribution >= 4 is 51.9 Å². The molecule has 0 spiro atoms. The van der Waals surface area contributed by atoms with E-state index in [1.165, 1.54) is 0 Å². The third-order valence-electron chi connectivity index (χ3n) is 6.57. The number of amides is 1. The highest BCUT2D eigenvalue weighted by Crippen LogP contribution is 2.42. The van der Waals surface area contributed by atoms with Gasteiger partial charge >= 0.3 is 0 Å². The van der Waals surface area contributed by atoms with Crippen LogP contribution in [0, 0.1) is 5.41 Å². The zero-order valence-electron chi connectivity index (χ0n) is 17.4. The highest BCUT2D eigenvalue weighted by atomic mass is 35.5. The van der Waals surface area contributed by atoms with Crippen LogP contribution in [0.15, 0.2) is 28.9 Å². The van der Waals surface area contributed by atoms with Gasteiger partial charge in [0.25, 0.3) is 6.01 Å². The summed E-state index contributed by atoms with van der Waals surface area (Å²) in [5.74, 6) is 0.136. The molecule has 4 heterocycles. The van der Waals surface area contributed by atoms with Gasteiger partial charge in [-0.3, -0.25) is 9.78 Å². The second-order valence-corrected chi connectivity index (χ2v) is 9.52. The van der Waals surface area contributed by atoms with Gasteiger partial charge in [0, 0.05) is 29.7 Å². The number of anilines is 2. The van der Waals surface area contributed by atoms with E-state index in [2.05, 4.69) is 14.9 Å². The van der Waals surface area contributed by atoms with Crippen molar-refractivity contribution in [1.29, 1.82) is 0 Å². The van der Waals surface area contributed by atoms with Crippen LogP contribution in [-0.2, 0) is 11.2 Å². The molecule has 31 heavy (non-hydrogen) atoms. The molecule has 9 heteroatoms. The Hall–Kier alpha value is -2.51. The minimum absolute atomic E-state index is 0.105. The number of hydrogen-bond acceptors (Lipinski definition) is 6. The number of carbonyl (C=O) groups excluding carboxylic acids is 1. The smallest absolute Gasteiger partial charge is 0.293 e. The zero-order chi connectivity index (χ0) is 21.9. The number of nitrogen functional groups attached to an aromatic ring is 1. The van der Waals surface area contributed by atoms with Gasteiger partial charge in [-0.25, -0.2) is 0 Å². The molecular weight excluding hydrogens is 437 g/mol. The SMILES string of the molecule is C[C@H]1c2c(Cl)cc(Cl)cc2CCN1C(=O)C1(C)CCN(c2cncc3nc(N)oc23)C1. The van der Waals surface area contributed by atoms with Crippen molar-refractivity contribution in [1.82, 2.24) is 14.9 Å². The van der Waals surface area contributed by atoms with Crippen molar-refractivity contribution in [2.45, 2.75) is 32.7 Å². The molecule has 0 radical (unpaired) electrons. The van der Waals surface area contributed by atoms with Crippen LogP contribution in [0.5, 0.6) is 0 Å². The number of fused-ring (bicyclic) bond motifs is 2. The fourth-order valence-corrected chi connectivity index (χ4v) is 5.64. The summed E-state index contributed by atoms with van der Waals surface area (Å²) >= 11 is 12.7. The fraction of sp³-hybridized carbons (Fsp3) is 0.409. The van der Waals surface area contributed by atoms with Crippen LogP contribution in [0.4, 0.5) is 11.7 Å². The monoisotopic (exact) mass is 459 g/mol. The fourth-order valence-electron chi connectivity index (χ4n) is 4.95. The van der Waals surface area contributed by atoms with Crippen molar-refractivity contribution in [3.05, 3.63) is 45.7 Å². The topological polar surface area (TPSA) is 88.5 Å². The molecule has 1 amide bonds. The quantitative estimate of drug-likeness (QED) is 0.607. The van der Waals surface area contributed by atoms with Gasteiger partial charge in [-0.05, 0) is 49.9 Å². The first kappa shape index (κ1) is 20.4. The molecular formula is C22H23Cl2N5O2. The van der Waals surface area contributed by atoms with E-state index in [1.807, 2.05) is 24.8 Å². The summed E-state index contributed by atoms with van der Waals surface area (Å²) in [5.41, 5.74) is 9.35. The summed E-state index contributed by atoms with van der Waals surface area (Å²) in [6.45, 7) is 6.00. The number of carbonyl (C=O) groups is 1. The Morgan fingerprint density at radius 2 is 2.10 bits per heavy atom. The molecule has 5 rings (SSSR count). The third-order valence-corrected chi connectivity index (χ3v) is 7.11. The third kappa shape index (κ3) is 3.31. The Balaban J connectivity index is 1.41. The van der Waals surface area contributed by atoms with Crippen LogP contribution in [-0.4, -0.2) is 40.4 Å². The lowest BCUT2D eigenvalue weighted by molar-refractivity contribution is -0.142. The number of oxazole rings is 1. The van der Waals surface area contributed by atoms with Gasteiger partial charge in [0.15, 0.2) is 5.58 Å². The minimum atomic E-state index is -0.529. The van der Waals surface area contributed by atoms with E-state index in [9.17, 15) is 4.79 Å². The molecule has 3 aromatic rings. The van der Waals surface area contributed by atoms with Gasteiger partial charge in [0.05, 0.1) is 23.9 Å². The van der Waals surface area contributed by atoms with Crippen molar-refractivity contribution in [3.8, 4) is 0 Å². The van der Waals surface area contributed by atoms with E-state index < -0.39 is 5.41 Å². The summed E-state index contributed by atoms with van der Waals surface area (Å²) in [6, 6.07) is 3.71. The van der Waals surface area contributed by atoms with Crippen molar-refractivity contribution < 1.29 is 9.21 Å². The number of pyridine rings is 1. The molecule has 0 aliphatic carbocycles. The van der Waals surface area contributed by atoms with Crippen LogP contribution >= 0.6 is 23.2 Å². The van der Waals surface area contributed by atoms with E-state index in [0.29, 0.717) is 34.2 Å². The minimum Gasteiger partial charge on any atom is -0.421 e. The maximum atomic E-state index is 13.7. The molecule has 1 fully saturated rings. The van der Waals surface area contributed by atoms with Crippen molar-refractivity contribution in [3.63, 3.8) is 0 Å². The predicted molar refractivity (Wildman–Crippen MR) is 121 cm³/mol. The van der Waals surface area contributed by atoms with Crippen LogP contribution < -0.4 is 10.6 Å². The first-order valence-corrected chi connectivity index (χ1v) is 11.1. The summed E-state index contributed by atoms with van der Waals surface area (Å²) < 4.78 is 5.60. The maximum absolute atomic E-state index is 13.7. The Labute approximate surface area is 190 Å². The standard InChI is InChI=1S/C22H23Cl2N5O2/c1-12-18-13(7-14(23)8-15(18)24)3-5-29(12)20(30)22(2)4-6-28(11-22)17-10-26-9-16-19(17)31-21(25)27-16/h7-10,12H,3-6,11H2,1-2H3,(H2,25,27)/t12-,22?/m0/s1. The van der Waals surface area contributed by atoms with E-state index in [0.717, 1.165) is 36.2 Å². The summed E-state index contributed by atoms with van der Waals surface area (Å²) in [5, 5.41) is 1.25. The molecule has 7 nitrogen and oxygen atoms in total. The van der Waals surface area contributed by atoms with E-state index in [4.69, 9.17) is 33.4 Å². The van der Waals surface area contributed by atoms with Crippen LogP contribution in [0.3, 0.4) is 0 Å². The molecule has 1 saturated heterocycles. The number of halogens is 2. The predicted octanol–water partition coefficient (Wildman–Crippen LogP) is 4.47. The van der Waals surface area contributed by atoms with Gasteiger partial charge < -0.3 is 20.0 Å². The lowest BCUT2D eigenvalue weighted by Gasteiger charge is -2.40.